The molecular formula is C18H21O. The number of unbranched alkanes of at least 4 members (excludes halogenated alkanes) is 2. The standard InChI is InChI=1S/C18H21O/c1-2-3-5-8-16-11-13-18(14-12-16)19-15-17-9-6-4-7-10-17/h4,6-7,9-14H,1-3,5,8,15H2. The lowest BCUT2D eigenvalue weighted by Crippen LogP contribution is -1.95. The van der Waals surface area contributed by atoms with Crippen LogP contribution in [0.5, 0.6) is 5.75 Å². The zero-order valence-electron chi connectivity index (χ0n) is 11.3. The van der Waals surface area contributed by atoms with Crippen LogP contribution in [0, 0.1) is 6.92 Å². The minimum absolute atomic E-state index is 0.627. The average Bonchev–Trinajstić information content (AvgIpc) is 2.48. The number of rotatable bonds is 7. The molecule has 0 amide bonds. The molecule has 99 valence electrons. The van der Waals surface area contributed by atoms with Gasteiger partial charge in [0.15, 0.2) is 0 Å². The van der Waals surface area contributed by atoms with Crippen LogP contribution >= 0.6 is 0 Å². The molecule has 0 aromatic heterocycles. The highest BCUT2D eigenvalue weighted by Gasteiger charge is 1.97. The summed E-state index contributed by atoms with van der Waals surface area (Å²) in [7, 11) is 0. The van der Waals surface area contributed by atoms with Crippen LogP contribution in [-0.4, -0.2) is 0 Å². The molecule has 0 heterocycles. The predicted molar refractivity (Wildman–Crippen MR) is 80.1 cm³/mol. The van der Waals surface area contributed by atoms with Gasteiger partial charge in [-0.1, -0.05) is 62.2 Å². The van der Waals surface area contributed by atoms with Gasteiger partial charge in [-0.25, -0.2) is 0 Å². The molecule has 0 saturated carbocycles. The minimum atomic E-state index is 0.627. The van der Waals surface area contributed by atoms with Crippen LogP contribution in [0.15, 0.2) is 54.6 Å². The first kappa shape index (κ1) is 13.7. The van der Waals surface area contributed by atoms with Gasteiger partial charge < -0.3 is 4.74 Å². The van der Waals surface area contributed by atoms with Crippen LogP contribution in [-0.2, 0) is 13.0 Å². The smallest absolute Gasteiger partial charge is 0.119 e. The van der Waals surface area contributed by atoms with Crippen molar-refractivity contribution in [3.63, 3.8) is 0 Å². The molecule has 1 heteroatoms. The third-order valence-electron chi connectivity index (χ3n) is 3.14. The second-order valence-corrected chi connectivity index (χ2v) is 4.73. The molecule has 0 aliphatic rings. The summed E-state index contributed by atoms with van der Waals surface area (Å²) >= 11 is 0. The van der Waals surface area contributed by atoms with Crippen molar-refractivity contribution in [3.8, 4) is 5.75 Å². The topological polar surface area (TPSA) is 9.23 Å². The summed E-state index contributed by atoms with van der Waals surface area (Å²) in [6, 6.07) is 18.7. The Morgan fingerprint density at radius 2 is 1.53 bits per heavy atom. The average molecular weight is 253 g/mol. The van der Waals surface area contributed by atoms with Crippen LogP contribution in [0.2, 0.25) is 0 Å². The monoisotopic (exact) mass is 253 g/mol. The second kappa shape index (κ2) is 7.63. The summed E-state index contributed by atoms with van der Waals surface area (Å²) in [6.07, 6.45) is 4.58. The number of hydrogen-bond donors (Lipinski definition) is 0. The van der Waals surface area contributed by atoms with Crippen molar-refractivity contribution in [2.24, 2.45) is 0 Å². The molecule has 0 N–H and O–H groups in total. The summed E-state index contributed by atoms with van der Waals surface area (Å²) in [5.41, 5.74) is 2.57. The lowest BCUT2D eigenvalue weighted by molar-refractivity contribution is 0.306. The van der Waals surface area contributed by atoms with Gasteiger partial charge in [0.2, 0.25) is 0 Å². The van der Waals surface area contributed by atoms with E-state index in [0.717, 1.165) is 18.6 Å². The van der Waals surface area contributed by atoms with E-state index >= 15 is 0 Å². The van der Waals surface area contributed by atoms with E-state index in [1.165, 1.54) is 24.0 Å². The van der Waals surface area contributed by atoms with Gasteiger partial charge in [-0.15, -0.1) is 0 Å². The molecule has 1 radical (unpaired) electrons. The summed E-state index contributed by atoms with van der Waals surface area (Å²) in [5, 5.41) is 0. The maximum atomic E-state index is 5.76. The van der Waals surface area contributed by atoms with Gasteiger partial charge in [-0.3, -0.25) is 0 Å². The third-order valence-corrected chi connectivity index (χ3v) is 3.14. The van der Waals surface area contributed by atoms with E-state index in [0.29, 0.717) is 6.61 Å². The van der Waals surface area contributed by atoms with E-state index in [4.69, 9.17) is 4.74 Å². The molecule has 0 aliphatic carbocycles. The van der Waals surface area contributed by atoms with E-state index < -0.39 is 0 Å². The third kappa shape index (κ3) is 4.78. The van der Waals surface area contributed by atoms with Crippen LogP contribution in [0.1, 0.15) is 30.4 Å². The van der Waals surface area contributed by atoms with Gasteiger partial charge in [0.1, 0.15) is 12.4 Å². The van der Waals surface area contributed by atoms with E-state index in [1.54, 1.807) is 0 Å². The second-order valence-electron chi connectivity index (χ2n) is 4.73. The number of aryl methyl sites for hydroxylation is 1. The maximum absolute atomic E-state index is 5.76. The lowest BCUT2D eigenvalue weighted by Gasteiger charge is -2.07. The molecule has 0 spiro atoms. The van der Waals surface area contributed by atoms with Gasteiger partial charge in [0, 0.05) is 0 Å². The first-order chi connectivity index (χ1) is 9.38. The Labute approximate surface area is 116 Å². The highest BCUT2D eigenvalue weighted by atomic mass is 16.5. The first-order valence-electron chi connectivity index (χ1n) is 6.93. The molecule has 0 unspecified atom stereocenters. The van der Waals surface area contributed by atoms with Crippen molar-refractivity contribution in [1.82, 2.24) is 0 Å². The van der Waals surface area contributed by atoms with Crippen molar-refractivity contribution in [3.05, 3.63) is 72.6 Å². The van der Waals surface area contributed by atoms with Gasteiger partial charge in [0.05, 0.1) is 0 Å². The molecule has 0 bridgehead atoms. The number of benzene rings is 2. The summed E-state index contributed by atoms with van der Waals surface area (Å²) in [5.74, 6) is 0.935. The fourth-order valence-corrected chi connectivity index (χ4v) is 2.00. The van der Waals surface area contributed by atoms with E-state index in [2.05, 4.69) is 43.3 Å². The zero-order valence-corrected chi connectivity index (χ0v) is 11.3. The Hall–Kier alpha value is -1.76. The van der Waals surface area contributed by atoms with Crippen LogP contribution in [0.4, 0.5) is 0 Å². The highest BCUT2D eigenvalue weighted by molar-refractivity contribution is 5.27. The van der Waals surface area contributed by atoms with Crippen molar-refractivity contribution in [1.29, 1.82) is 0 Å². The van der Waals surface area contributed by atoms with E-state index in [9.17, 15) is 0 Å². The Balaban J connectivity index is 1.81. The highest BCUT2D eigenvalue weighted by Crippen LogP contribution is 2.15. The van der Waals surface area contributed by atoms with Crippen LogP contribution in [0.25, 0.3) is 0 Å². The number of ether oxygens (including phenoxy) is 1. The Kier molecular flexibility index (Phi) is 5.49. The summed E-state index contributed by atoms with van der Waals surface area (Å²) in [4.78, 5) is 0. The molecule has 2 rings (SSSR count). The van der Waals surface area contributed by atoms with Crippen LogP contribution in [0.3, 0.4) is 0 Å². The molecule has 0 aliphatic heterocycles. The molecular weight excluding hydrogens is 232 g/mol. The van der Waals surface area contributed by atoms with E-state index in [-0.39, 0.29) is 0 Å². The van der Waals surface area contributed by atoms with Crippen LogP contribution < -0.4 is 4.74 Å². The fourth-order valence-electron chi connectivity index (χ4n) is 2.00. The largest absolute Gasteiger partial charge is 0.489 e. The van der Waals surface area contributed by atoms with Gasteiger partial charge >= 0.3 is 0 Å². The molecule has 1 nitrogen and oxygen atoms in total. The van der Waals surface area contributed by atoms with Gasteiger partial charge in [0.25, 0.3) is 0 Å². The Morgan fingerprint density at radius 1 is 0.789 bits per heavy atom. The summed E-state index contributed by atoms with van der Waals surface area (Å²) in [6.45, 7) is 4.49. The molecule has 2 aromatic rings. The van der Waals surface area contributed by atoms with Crippen molar-refractivity contribution < 1.29 is 4.74 Å². The SMILES string of the molecule is [CH2]CCCCc1ccc(OCc2ccccc2)cc1. The summed E-state index contributed by atoms with van der Waals surface area (Å²) < 4.78 is 5.76. The Bertz CT molecular complexity index is 459. The van der Waals surface area contributed by atoms with Gasteiger partial charge in [-0.05, 0) is 36.1 Å². The van der Waals surface area contributed by atoms with E-state index in [1.807, 2.05) is 18.2 Å². The molecule has 0 fully saturated rings. The maximum Gasteiger partial charge on any atom is 0.119 e. The van der Waals surface area contributed by atoms with Crippen molar-refractivity contribution in [2.45, 2.75) is 32.3 Å². The van der Waals surface area contributed by atoms with Crippen molar-refractivity contribution in [2.75, 3.05) is 0 Å². The van der Waals surface area contributed by atoms with Gasteiger partial charge in [-0.2, -0.15) is 0 Å². The minimum Gasteiger partial charge on any atom is -0.489 e. The quantitative estimate of drug-likeness (QED) is 0.643. The number of hydrogen-bond acceptors (Lipinski definition) is 1. The normalized spacial score (nSPS) is 10.4. The zero-order chi connectivity index (χ0) is 13.3. The molecule has 19 heavy (non-hydrogen) atoms. The molecule has 0 atom stereocenters. The first-order valence-corrected chi connectivity index (χ1v) is 6.93. The Morgan fingerprint density at radius 3 is 2.21 bits per heavy atom. The van der Waals surface area contributed by atoms with Crippen molar-refractivity contribution >= 4 is 0 Å². The fraction of sp³-hybridized carbons (Fsp3) is 0.278. The lowest BCUT2D eigenvalue weighted by atomic mass is 10.1. The molecule has 0 saturated heterocycles. The predicted octanol–water partition coefficient (Wildman–Crippen LogP) is 4.81. The molecule has 2 aromatic carbocycles.